The highest BCUT2D eigenvalue weighted by Crippen LogP contribution is 2.40. The van der Waals surface area contributed by atoms with Crippen LogP contribution >= 0.6 is 0 Å². The number of nitrogens with zero attached hydrogens (tertiary/aromatic N) is 5. The fourth-order valence-corrected chi connectivity index (χ4v) is 4.22. The number of aryl methyl sites for hydroxylation is 1. The summed E-state index contributed by atoms with van der Waals surface area (Å²) in [6, 6.07) is 9.52. The number of rotatable bonds is 5. The molecule has 5 rings (SSSR count). The van der Waals surface area contributed by atoms with E-state index in [4.69, 9.17) is 18.6 Å². The van der Waals surface area contributed by atoms with Crippen molar-refractivity contribution < 1.29 is 23.4 Å². The second kappa shape index (κ2) is 8.94. The van der Waals surface area contributed by atoms with Gasteiger partial charge in [0.2, 0.25) is 11.6 Å². The van der Waals surface area contributed by atoms with Gasteiger partial charge in [0.15, 0.2) is 6.39 Å². The van der Waals surface area contributed by atoms with Crippen LogP contribution in [0.15, 0.2) is 41.3 Å². The molecule has 0 saturated carbocycles. The lowest BCUT2D eigenvalue weighted by Crippen LogP contribution is -2.31. The molecule has 3 aromatic rings. The van der Waals surface area contributed by atoms with Crippen molar-refractivity contribution in [1.82, 2.24) is 14.9 Å². The summed E-state index contributed by atoms with van der Waals surface area (Å²) in [4.78, 5) is 24.7. The third-order valence-electron chi connectivity index (χ3n) is 5.93. The van der Waals surface area contributed by atoms with Crippen LogP contribution in [-0.4, -0.2) is 60.2 Å². The number of aromatic nitrogens is 2. The van der Waals surface area contributed by atoms with Crippen LogP contribution in [-0.2, 0) is 0 Å². The highest BCUT2D eigenvalue weighted by molar-refractivity contribution is 5.92. The molecule has 2 aliphatic rings. The standard InChI is InChI=1S/C24H23N5O5/c1-15-22(33-14-27-15)24(30)28-6-5-19(13-28)34-18-3-4-21-20(10-18)29(7-8-32-21)17-9-16(11-25)23(31-2)26-12-17/h3-4,9-10,12,14,19H,5-8,13H2,1-2H3. The number of amides is 1. The number of likely N-dealkylation sites (tertiary alicyclic amines) is 1. The molecular weight excluding hydrogens is 438 g/mol. The lowest BCUT2D eigenvalue weighted by Gasteiger charge is -2.31. The maximum absolute atomic E-state index is 12.7. The Labute approximate surface area is 196 Å². The van der Waals surface area contributed by atoms with Crippen molar-refractivity contribution in [2.24, 2.45) is 0 Å². The summed E-state index contributed by atoms with van der Waals surface area (Å²) in [5.41, 5.74) is 2.52. The number of carbonyl (C=O) groups is 1. The van der Waals surface area contributed by atoms with Gasteiger partial charge < -0.3 is 28.4 Å². The SMILES string of the molecule is COc1ncc(N2CCOc3ccc(OC4CCN(C(=O)c5ocnc5C)C4)cc32)cc1C#N. The monoisotopic (exact) mass is 461 g/mol. The van der Waals surface area contributed by atoms with E-state index in [9.17, 15) is 10.1 Å². The largest absolute Gasteiger partial charge is 0.490 e. The average molecular weight is 461 g/mol. The topological polar surface area (TPSA) is 114 Å². The molecule has 2 aromatic heterocycles. The first-order chi connectivity index (χ1) is 16.6. The third kappa shape index (κ3) is 3.96. The van der Waals surface area contributed by atoms with Gasteiger partial charge in [-0.2, -0.15) is 5.26 Å². The van der Waals surface area contributed by atoms with E-state index >= 15 is 0 Å². The van der Waals surface area contributed by atoms with Crippen LogP contribution < -0.4 is 19.1 Å². The smallest absolute Gasteiger partial charge is 0.291 e. The number of benzene rings is 1. The predicted octanol–water partition coefficient (Wildman–Crippen LogP) is 3.08. The van der Waals surface area contributed by atoms with Gasteiger partial charge >= 0.3 is 0 Å². The first-order valence-corrected chi connectivity index (χ1v) is 10.9. The highest BCUT2D eigenvalue weighted by atomic mass is 16.5. The molecule has 2 aliphatic heterocycles. The Morgan fingerprint density at radius 2 is 2.15 bits per heavy atom. The van der Waals surface area contributed by atoms with Crippen LogP contribution in [0.1, 0.15) is 28.2 Å². The van der Waals surface area contributed by atoms with E-state index in [0.717, 1.165) is 17.1 Å². The van der Waals surface area contributed by atoms with E-state index in [1.54, 1.807) is 24.1 Å². The number of hydrogen-bond donors (Lipinski definition) is 0. The molecule has 34 heavy (non-hydrogen) atoms. The van der Waals surface area contributed by atoms with Gasteiger partial charge in [-0.05, 0) is 25.1 Å². The zero-order valence-electron chi connectivity index (χ0n) is 18.9. The minimum Gasteiger partial charge on any atom is -0.490 e. The minimum absolute atomic E-state index is 0.143. The number of fused-ring (bicyclic) bond motifs is 1. The summed E-state index contributed by atoms with van der Waals surface area (Å²) in [6.07, 6.45) is 3.53. The Morgan fingerprint density at radius 3 is 2.91 bits per heavy atom. The first-order valence-electron chi connectivity index (χ1n) is 10.9. The maximum atomic E-state index is 12.7. The molecule has 10 heteroatoms. The quantitative estimate of drug-likeness (QED) is 0.565. The van der Waals surface area contributed by atoms with E-state index in [2.05, 4.69) is 16.0 Å². The van der Waals surface area contributed by atoms with Gasteiger partial charge in [0.1, 0.15) is 35.8 Å². The van der Waals surface area contributed by atoms with Gasteiger partial charge in [-0.15, -0.1) is 0 Å². The lowest BCUT2D eigenvalue weighted by molar-refractivity contribution is 0.0740. The fraction of sp³-hybridized carbons (Fsp3) is 0.333. The van der Waals surface area contributed by atoms with E-state index in [0.29, 0.717) is 49.7 Å². The molecular formula is C24H23N5O5. The molecule has 1 saturated heterocycles. The van der Waals surface area contributed by atoms with Gasteiger partial charge in [-0.3, -0.25) is 4.79 Å². The molecule has 1 amide bonds. The Bertz CT molecular complexity index is 1270. The Kier molecular flexibility index (Phi) is 5.67. The molecule has 0 bridgehead atoms. The average Bonchev–Trinajstić information content (AvgIpc) is 3.51. The van der Waals surface area contributed by atoms with E-state index in [-0.39, 0.29) is 23.7 Å². The molecule has 4 heterocycles. The maximum Gasteiger partial charge on any atom is 0.291 e. The molecule has 1 unspecified atom stereocenters. The Morgan fingerprint density at radius 1 is 1.26 bits per heavy atom. The Hall–Kier alpha value is -4.26. The zero-order chi connectivity index (χ0) is 23.7. The molecule has 1 fully saturated rings. The summed E-state index contributed by atoms with van der Waals surface area (Å²) in [5, 5.41) is 9.44. The number of methoxy groups -OCH3 is 1. The van der Waals surface area contributed by atoms with Crippen LogP contribution in [0.4, 0.5) is 11.4 Å². The first kappa shape index (κ1) is 21.6. The second-order valence-electron chi connectivity index (χ2n) is 8.04. The molecule has 0 radical (unpaired) electrons. The number of pyridine rings is 1. The van der Waals surface area contributed by atoms with Gasteiger partial charge in [-0.1, -0.05) is 0 Å². The summed E-state index contributed by atoms with van der Waals surface area (Å²) < 4.78 is 22.5. The van der Waals surface area contributed by atoms with Crippen molar-refractivity contribution >= 4 is 17.3 Å². The summed E-state index contributed by atoms with van der Waals surface area (Å²) >= 11 is 0. The minimum atomic E-state index is -0.175. The van der Waals surface area contributed by atoms with Crippen molar-refractivity contribution in [3.8, 4) is 23.4 Å². The second-order valence-corrected chi connectivity index (χ2v) is 8.04. The number of ether oxygens (including phenoxy) is 3. The van der Waals surface area contributed by atoms with Crippen molar-refractivity contribution in [1.29, 1.82) is 5.26 Å². The van der Waals surface area contributed by atoms with Crippen molar-refractivity contribution in [2.45, 2.75) is 19.4 Å². The summed E-state index contributed by atoms with van der Waals surface area (Å²) in [7, 11) is 1.49. The van der Waals surface area contributed by atoms with E-state index < -0.39 is 0 Å². The third-order valence-corrected chi connectivity index (χ3v) is 5.93. The van der Waals surface area contributed by atoms with Gasteiger partial charge in [-0.25, -0.2) is 9.97 Å². The molecule has 0 N–H and O–H groups in total. The van der Waals surface area contributed by atoms with Crippen LogP contribution in [0.25, 0.3) is 0 Å². The van der Waals surface area contributed by atoms with Crippen LogP contribution in [0, 0.1) is 18.3 Å². The van der Waals surface area contributed by atoms with E-state index in [1.165, 1.54) is 13.5 Å². The molecule has 0 spiro atoms. The predicted molar refractivity (Wildman–Crippen MR) is 121 cm³/mol. The van der Waals surface area contributed by atoms with Crippen molar-refractivity contribution in [3.63, 3.8) is 0 Å². The van der Waals surface area contributed by atoms with Crippen molar-refractivity contribution in [3.05, 3.63) is 53.9 Å². The van der Waals surface area contributed by atoms with Gasteiger partial charge in [0.25, 0.3) is 5.91 Å². The summed E-state index contributed by atoms with van der Waals surface area (Å²) in [5.74, 6) is 1.78. The molecule has 1 atom stereocenters. The molecule has 0 aliphatic carbocycles. The molecule has 174 valence electrons. The Balaban J connectivity index is 1.33. The fourth-order valence-electron chi connectivity index (χ4n) is 4.22. The number of hydrogen-bond acceptors (Lipinski definition) is 9. The van der Waals surface area contributed by atoms with Gasteiger partial charge in [0.05, 0.1) is 43.5 Å². The van der Waals surface area contributed by atoms with Crippen LogP contribution in [0.3, 0.4) is 0 Å². The van der Waals surface area contributed by atoms with Crippen molar-refractivity contribution in [2.75, 3.05) is 38.3 Å². The van der Waals surface area contributed by atoms with Crippen LogP contribution in [0.5, 0.6) is 17.4 Å². The van der Waals surface area contributed by atoms with Crippen LogP contribution in [0.2, 0.25) is 0 Å². The number of oxazole rings is 1. The summed E-state index contributed by atoms with van der Waals surface area (Å²) in [6.45, 7) is 3.89. The lowest BCUT2D eigenvalue weighted by atomic mass is 10.2. The number of anilines is 2. The number of carbonyl (C=O) groups excluding carboxylic acids is 1. The zero-order valence-corrected chi connectivity index (χ0v) is 18.9. The highest BCUT2D eigenvalue weighted by Gasteiger charge is 2.31. The number of nitriles is 1. The molecule has 10 nitrogen and oxygen atoms in total. The molecule has 1 aromatic carbocycles. The van der Waals surface area contributed by atoms with Gasteiger partial charge in [0, 0.05) is 19.0 Å². The van der Waals surface area contributed by atoms with E-state index in [1.807, 2.05) is 23.1 Å². The normalized spacial score (nSPS) is 17.0.